The Balaban J connectivity index is 1.43. The topological polar surface area (TPSA) is 46.2 Å². The molecule has 0 spiro atoms. The number of fused-ring (bicyclic) bond motifs is 1. The molecule has 0 atom stereocenters. The molecule has 0 saturated carbocycles. The van der Waals surface area contributed by atoms with Crippen LogP contribution in [-0.2, 0) is 0 Å². The number of Topliss-reactive ketones (excluding diaryl/α,β-unsaturated/α-hetero) is 2. The number of ketones is 2. The van der Waals surface area contributed by atoms with Crippen LogP contribution in [0.4, 0.5) is 5.69 Å². The molecule has 36 heavy (non-hydrogen) atoms. The van der Waals surface area contributed by atoms with Crippen LogP contribution in [0.3, 0.4) is 0 Å². The van der Waals surface area contributed by atoms with E-state index in [-0.39, 0.29) is 11.6 Å². The minimum atomic E-state index is -0.0278. The van der Waals surface area contributed by atoms with Crippen molar-refractivity contribution in [2.45, 2.75) is 66.7 Å². The number of allylic oxidation sites excluding steroid dienone is 7. The molecule has 1 aliphatic rings. The summed E-state index contributed by atoms with van der Waals surface area (Å²) >= 11 is 0. The molecule has 0 aromatic heterocycles. The number of carbonyl (C=O) groups excluding carboxylic acids is 2. The third-order valence-electron chi connectivity index (χ3n) is 6.82. The zero-order valence-corrected chi connectivity index (χ0v) is 22.4. The predicted molar refractivity (Wildman–Crippen MR) is 152 cm³/mol. The molecule has 1 aliphatic carbocycles. The number of anilines is 1. The SMILES string of the molecule is CC1=C(C/C=C(\C)CC/C=C(\C)CC/C=C(\C)CNc2ccc(C)cc2)C(=O)c2ccccc2C1=O. The molecule has 0 saturated heterocycles. The molecule has 3 nitrogen and oxygen atoms in total. The number of nitrogens with one attached hydrogen (secondary N) is 1. The van der Waals surface area contributed by atoms with E-state index in [4.69, 9.17) is 0 Å². The molecule has 2 aromatic carbocycles. The first-order valence-corrected chi connectivity index (χ1v) is 12.9. The Hall–Kier alpha value is -3.46. The molecule has 0 heterocycles. The predicted octanol–water partition coefficient (Wildman–Crippen LogP) is 8.59. The van der Waals surface area contributed by atoms with Gasteiger partial charge in [0, 0.05) is 34.5 Å². The van der Waals surface area contributed by atoms with Crippen LogP contribution in [-0.4, -0.2) is 18.1 Å². The van der Waals surface area contributed by atoms with Crippen molar-refractivity contribution in [3.8, 4) is 0 Å². The number of hydrogen-bond acceptors (Lipinski definition) is 3. The van der Waals surface area contributed by atoms with Gasteiger partial charge in [-0.2, -0.15) is 0 Å². The summed E-state index contributed by atoms with van der Waals surface area (Å²) in [6.07, 6.45) is 11.3. The van der Waals surface area contributed by atoms with Crippen molar-refractivity contribution < 1.29 is 9.59 Å². The van der Waals surface area contributed by atoms with Crippen molar-refractivity contribution in [3.63, 3.8) is 0 Å². The summed E-state index contributed by atoms with van der Waals surface area (Å²) in [5.41, 5.74) is 8.70. The zero-order valence-electron chi connectivity index (χ0n) is 22.4. The van der Waals surface area contributed by atoms with Gasteiger partial charge in [-0.3, -0.25) is 9.59 Å². The van der Waals surface area contributed by atoms with Gasteiger partial charge >= 0.3 is 0 Å². The highest BCUT2D eigenvalue weighted by Gasteiger charge is 2.28. The summed E-state index contributed by atoms with van der Waals surface area (Å²) in [6.45, 7) is 11.2. The maximum atomic E-state index is 12.9. The number of benzene rings is 2. The quantitative estimate of drug-likeness (QED) is 0.327. The standard InChI is InChI=1S/C33H39NO2/c1-23(11-9-13-26(4)22-34-28-19-16-25(3)17-20-28)10-8-12-24(2)18-21-29-27(5)32(35)30-14-6-7-15-31(30)33(29)36/h6-7,10,13-20,34H,8-9,11-12,21-22H2,1-5H3/b23-10+,24-18+,26-13+. The highest BCUT2D eigenvalue weighted by Crippen LogP contribution is 2.28. The molecule has 2 aromatic rings. The average molecular weight is 482 g/mol. The fourth-order valence-corrected chi connectivity index (χ4v) is 4.35. The van der Waals surface area contributed by atoms with Gasteiger partial charge in [0.2, 0.25) is 0 Å². The molecule has 0 bridgehead atoms. The molecule has 3 rings (SSSR count). The lowest BCUT2D eigenvalue weighted by Crippen LogP contribution is -2.20. The second-order valence-electron chi connectivity index (χ2n) is 9.96. The summed E-state index contributed by atoms with van der Waals surface area (Å²) in [6, 6.07) is 15.6. The van der Waals surface area contributed by atoms with E-state index in [0.29, 0.717) is 28.7 Å². The van der Waals surface area contributed by atoms with Gasteiger partial charge in [0.1, 0.15) is 0 Å². The van der Waals surface area contributed by atoms with Gasteiger partial charge in [-0.1, -0.05) is 76.9 Å². The number of aryl methyl sites for hydroxylation is 1. The Labute approximate surface area is 216 Å². The minimum absolute atomic E-state index is 0.0140. The lowest BCUT2D eigenvalue weighted by Gasteiger charge is -2.18. The molecular weight excluding hydrogens is 442 g/mol. The summed E-state index contributed by atoms with van der Waals surface area (Å²) in [5.74, 6) is -0.0417. The van der Waals surface area contributed by atoms with E-state index in [9.17, 15) is 9.59 Å². The maximum absolute atomic E-state index is 12.9. The van der Waals surface area contributed by atoms with E-state index in [1.165, 1.54) is 22.3 Å². The maximum Gasteiger partial charge on any atom is 0.190 e. The van der Waals surface area contributed by atoms with Gasteiger partial charge in [0.05, 0.1) is 0 Å². The fraction of sp³-hybridized carbons (Fsp3) is 0.333. The molecule has 0 amide bonds. The molecular formula is C33H39NO2. The van der Waals surface area contributed by atoms with Crippen LogP contribution in [0.25, 0.3) is 0 Å². The van der Waals surface area contributed by atoms with E-state index in [1.807, 2.05) is 12.1 Å². The van der Waals surface area contributed by atoms with Crippen molar-refractivity contribution >= 4 is 17.3 Å². The first-order valence-electron chi connectivity index (χ1n) is 12.9. The summed E-state index contributed by atoms with van der Waals surface area (Å²) in [5, 5.41) is 3.47. The monoisotopic (exact) mass is 481 g/mol. The summed E-state index contributed by atoms with van der Waals surface area (Å²) in [4.78, 5) is 25.6. The molecule has 0 radical (unpaired) electrons. The lowest BCUT2D eigenvalue weighted by molar-refractivity contribution is 0.0973. The van der Waals surface area contributed by atoms with E-state index in [1.54, 1.807) is 19.1 Å². The summed E-state index contributed by atoms with van der Waals surface area (Å²) < 4.78 is 0. The molecule has 1 N–H and O–H groups in total. The van der Waals surface area contributed by atoms with E-state index in [2.05, 4.69) is 75.5 Å². The van der Waals surface area contributed by atoms with Gasteiger partial charge < -0.3 is 5.32 Å². The highest BCUT2D eigenvalue weighted by atomic mass is 16.1. The lowest BCUT2D eigenvalue weighted by atomic mass is 9.83. The Morgan fingerprint density at radius 3 is 1.92 bits per heavy atom. The van der Waals surface area contributed by atoms with Gasteiger partial charge in [0.15, 0.2) is 11.6 Å². The van der Waals surface area contributed by atoms with E-state index < -0.39 is 0 Å². The second-order valence-corrected chi connectivity index (χ2v) is 9.96. The first kappa shape index (κ1) is 27.1. The molecule has 188 valence electrons. The van der Waals surface area contributed by atoms with Crippen LogP contribution in [0.1, 0.15) is 86.1 Å². The first-order chi connectivity index (χ1) is 17.3. The average Bonchev–Trinajstić information content (AvgIpc) is 2.87. The van der Waals surface area contributed by atoms with Crippen LogP contribution in [0.2, 0.25) is 0 Å². The van der Waals surface area contributed by atoms with Crippen molar-refractivity contribution in [3.05, 3.63) is 111 Å². The Bertz CT molecular complexity index is 1220. The zero-order chi connectivity index (χ0) is 26.1. The van der Waals surface area contributed by atoms with E-state index >= 15 is 0 Å². The Morgan fingerprint density at radius 1 is 0.722 bits per heavy atom. The van der Waals surface area contributed by atoms with Gasteiger partial charge in [0.25, 0.3) is 0 Å². The van der Waals surface area contributed by atoms with Crippen molar-refractivity contribution in [1.82, 2.24) is 0 Å². The largest absolute Gasteiger partial charge is 0.381 e. The Morgan fingerprint density at radius 2 is 1.28 bits per heavy atom. The normalized spacial score (nSPS) is 14.9. The van der Waals surface area contributed by atoms with Crippen LogP contribution in [0.5, 0.6) is 0 Å². The third kappa shape index (κ3) is 7.52. The number of carbonyl (C=O) groups is 2. The van der Waals surface area contributed by atoms with Crippen LogP contribution in [0.15, 0.2) is 94.6 Å². The smallest absolute Gasteiger partial charge is 0.190 e. The van der Waals surface area contributed by atoms with Gasteiger partial charge in [-0.15, -0.1) is 0 Å². The molecule has 0 unspecified atom stereocenters. The highest BCUT2D eigenvalue weighted by molar-refractivity contribution is 6.26. The number of hydrogen-bond donors (Lipinski definition) is 1. The second kappa shape index (κ2) is 13.0. The molecule has 0 fully saturated rings. The van der Waals surface area contributed by atoms with Crippen molar-refractivity contribution in [1.29, 1.82) is 0 Å². The third-order valence-corrected chi connectivity index (χ3v) is 6.82. The Kier molecular flexibility index (Phi) is 9.81. The van der Waals surface area contributed by atoms with Crippen LogP contribution >= 0.6 is 0 Å². The van der Waals surface area contributed by atoms with Gasteiger partial charge in [-0.25, -0.2) is 0 Å². The fourth-order valence-electron chi connectivity index (χ4n) is 4.35. The van der Waals surface area contributed by atoms with Crippen LogP contribution in [0, 0.1) is 6.92 Å². The number of rotatable bonds is 11. The van der Waals surface area contributed by atoms with Crippen molar-refractivity contribution in [2.75, 3.05) is 11.9 Å². The summed E-state index contributed by atoms with van der Waals surface area (Å²) in [7, 11) is 0. The minimum Gasteiger partial charge on any atom is -0.381 e. The van der Waals surface area contributed by atoms with E-state index in [0.717, 1.165) is 37.9 Å². The van der Waals surface area contributed by atoms with Crippen molar-refractivity contribution in [2.24, 2.45) is 0 Å². The van der Waals surface area contributed by atoms with Gasteiger partial charge in [-0.05, 0) is 78.9 Å². The van der Waals surface area contributed by atoms with Crippen LogP contribution < -0.4 is 5.32 Å². The molecule has 0 aliphatic heterocycles. The molecule has 3 heteroatoms.